The molecule has 2 aromatic heterocycles. The fourth-order valence-electron chi connectivity index (χ4n) is 1.39. The maximum atomic E-state index is 11.7. The van der Waals surface area contributed by atoms with E-state index in [9.17, 15) is 4.79 Å². The van der Waals surface area contributed by atoms with Gasteiger partial charge in [0.25, 0.3) is 0 Å². The number of amides is 1. The van der Waals surface area contributed by atoms with Crippen LogP contribution in [0.25, 0.3) is 0 Å². The first-order chi connectivity index (χ1) is 9.67. The molecule has 0 aliphatic rings. The van der Waals surface area contributed by atoms with Gasteiger partial charge in [0.05, 0.1) is 23.1 Å². The van der Waals surface area contributed by atoms with Crippen LogP contribution in [0, 0.1) is 6.92 Å². The molecule has 1 amide bonds. The molecule has 108 valence electrons. The van der Waals surface area contributed by atoms with Crippen LogP contribution in [0.15, 0.2) is 5.38 Å². The molecule has 0 spiro atoms. The second kappa shape index (κ2) is 7.25. The molecule has 0 aliphatic carbocycles. The molecule has 0 unspecified atom stereocenters. The molecule has 9 heteroatoms. The number of ether oxygens (including phenoxy) is 1. The minimum absolute atomic E-state index is 0.138. The molecule has 0 saturated heterocycles. The molecule has 0 aromatic carbocycles. The number of hydrogen-bond donors (Lipinski definition) is 2. The number of thiazole rings is 1. The summed E-state index contributed by atoms with van der Waals surface area (Å²) in [6.45, 7) is 4.28. The smallest absolute Gasteiger partial charge is 0.337 e. The summed E-state index contributed by atoms with van der Waals surface area (Å²) < 4.78 is 5.09. The summed E-state index contributed by atoms with van der Waals surface area (Å²) >= 11 is 3.11. The highest BCUT2D eigenvalue weighted by Gasteiger charge is 2.08. The SMILES string of the molecule is CCOc1n[nH]c(NC(=O)CSCc2csc(C)n2)n1. The normalized spacial score (nSPS) is 10.5. The zero-order chi connectivity index (χ0) is 14.4. The van der Waals surface area contributed by atoms with E-state index in [1.165, 1.54) is 11.8 Å². The Bertz CT molecular complexity index is 569. The van der Waals surface area contributed by atoms with Gasteiger partial charge >= 0.3 is 6.01 Å². The zero-order valence-corrected chi connectivity index (χ0v) is 12.8. The number of nitrogens with zero attached hydrogens (tertiary/aromatic N) is 3. The fraction of sp³-hybridized carbons (Fsp3) is 0.455. The van der Waals surface area contributed by atoms with E-state index in [0.717, 1.165) is 16.5 Å². The first-order valence-electron chi connectivity index (χ1n) is 6.01. The molecule has 2 heterocycles. The monoisotopic (exact) mass is 313 g/mol. The topological polar surface area (TPSA) is 92.8 Å². The molecule has 0 radical (unpaired) electrons. The fourth-order valence-corrected chi connectivity index (χ4v) is 2.82. The van der Waals surface area contributed by atoms with Gasteiger partial charge in [-0.05, 0) is 13.8 Å². The number of aromatic amines is 1. The molecule has 2 rings (SSSR count). The van der Waals surface area contributed by atoms with Crippen molar-refractivity contribution < 1.29 is 9.53 Å². The molecule has 20 heavy (non-hydrogen) atoms. The van der Waals surface area contributed by atoms with Gasteiger partial charge < -0.3 is 4.74 Å². The number of rotatable bonds is 7. The van der Waals surface area contributed by atoms with E-state index in [0.29, 0.717) is 18.3 Å². The van der Waals surface area contributed by atoms with Crippen molar-refractivity contribution in [3.63, 3.8) is 0 Å². The Balaban J connectivity index is 1.71. The molecule has 0 atom stereocenters. The largest absolute Gasteiger partial charge is 0.463 e. The molecular weight excluding hydrogens is 298 g/mol. The number of anilines is 1. The van der Waals surface area contributed by atoms with Gasteiger partial charge in [-0.3, -0.25) is 10.1 Å². The maximum Gasteiger partial charge on any atom is 0.337 e. The first-order valence-corrected chi connectivity index (χ1v) is 8.04. The van der Waals surface area contributed by atoms with E-state index >= 15 is 0 Å². The molecule has 0 aliphatic heterocycles. The van der Waals surface area contributed by atoms with Gasteiger partial charge in [0, 0.05) is 11.1 Å². The minimum Gasteiger partial charge on any atom is -0.463 e. The van der Waals surface area contributed by atoms with Crippen LogP contribution >= 0.6 is 23.1 Å². The van der Waals surface area contributed by atoms with Crippen molar-refractivity contribution in [3.8, 4) is 6.01 Å². The van der Waals surface area contributed by atoms with E-state index in [2.05, 4.69) is 25.5 Å². The van der Waals surface area contributed by atoms with Crippen molar-refractivity contribution in [3.05, 3.63) is 16.1 Å². The maximum absolute atomic E-state index is 11.7. The van der Waals surface area contributed by atoms with Crippen molar-refractivity contribution in [2.45, 2.75) is 19.6 Å². The number of carbonyl (C=O) groups excluding carboxylic acids is 1. The second-order valence-electron chi connectivity index (χ2n) is 3.80. The van der Waals surface area contributed by atoms with Crippen LogP contribution < -0.4 is 10.1 Å². The summed E-state index contributed by atoms with van der Waals surface area (Å²) in [5.41, 5.74) is 1.00. The number of carbonyl (C=O) groups is 1. The quantitative estimate of drug-likeness (QED) is 0.810. The standard InChI is InChI=1S/C11H15N5O2S2/c1-3-18-11-14-10(15-16-11)13-9(17)6-19-4-8-5-20-7(2)12-8/h5H,3-4,6H2,1-2H3,(H2,13,14,15,16,17). The van der Waals surface area contributed by atoms with Crippen LogP contribution in [0.5, 0.6) is 6.01 Å². The van der Waals surface area contributed by atoms with Gasteiger partial charge in [0.1, 0.15) is 0 Å². The number of H-pyrrole nitrogens is 1. The second-order valence-corrected chi connectivity index (χ2v) is 5.85. The summed E-state index contributed by atoms with van der Waals surface area (Å²) in [6, 6.07) is 0.230. The highest BCUT2D eigenvalue weighted by molar-refractivity contribution is 7.99. The lowest BCUT2D eigenvalue weighted by Crippen LogP contribution is -2.15. The Morgan fingerprint density at radius 2 is 2.40 bits per heavy atom. The number of hydrogen-bond acceptors (Lipinski definition) is 7. The molecular formula is C11H15N5O2S2. The molecule has 2 N–H and O–H groups in total. The third-order valence-corrected chi connectivity index (χ3v) is 3.93. The average molecular weight is 313 g/mol. The van der Waals surface area contributed by atoms with Crippen molar-refractivity contribution in [1.29, 1.82) is 0 Å². The van der Waals surface area contributed by atoms with Gasteiger partial charge in [0.2, 0.25) is 11.9 Å². The Hall–Kier alpha value is -1.61. The Morgan fingerprint density at radius 3 is 3.10 bits per heavy atom. The third-order valence-electron chi connectivity index (χ3n) is 2.15. The van der Waals surface area contributed by atoms with Gasteiger partial charge in [-0.25, -0.2) is 10.1 Å². The lowest BCUT2D eigenvalue weighted by atomic mass is 10.6. The lowest BCUT2D eigenvalue weighted by Gasteiger charge is -2.00. The van der Waals surface area contributed by atoms with Gasteiger partial charge in [0.15, 0.2) is 0 Å². The molecule has 0 saturated carbocycles. The zero-order valence-electron chi connectivity index (χ0n) is 11.2. The number of nitrogens with one attached hydrogen (secondary N) is 2. The molecule has 2 aromatic rings. The summed E-state index contributed by atoms with van der Waals surface area (Å²) in [5.74, 6) is 1.21. The van der Waals surface area contributed by atoms with Crippen molar-refractivity contribution >= 4 is 35.0 Å². The van der Waals surface area contributed by atoms with Gasteiger partial charge in [-0.2, -0.15) is 4.98 Å². The number of aryl methyl sites for hydroxylation is 1. The molecule has 0 fully saturated rings. The van der Waals surface area contributed by atoms with E-state index in [-0.39, 0.29) is 11.9 Å². The molecule has 0 bridgehead atoms. The van der Waals surface area contributed by atoms with E-state index in [1.807, 2.05) is 19.2 Å². The van der Waals surface area contributed by atoms with Crippen LogP contribution in [-0.4, -0.2) is 38.4 Å². The van der Waals surface area contributed by atoms with Gasteiger partial charge in [-0.15, -0.1) is 28.2 Å². The van der Waals surface area contributed by atoms with E-state index < -0.39 is 0 Å². The third kappa shape index (κ3) is 4.49. The highest BCUT2D eigenvalue weighted by atomic mass is 32.2. The van der Waals surface area contributed by atoms with Crippen LogP contribution in [0.4, 0.5) is 5.95 Å². The summed E-state index contributed by atoms with van der Waals surface area (Å²) in [6.07, 6.45) is 0. The van der Waals surface area contributed by atoms with E-state index in [1.54, 1.807) is 11.3 Å². The Labute approximate surface area is 124 Å². The number of thioether (sulfide) groups is 1. The van der Waals surface area contributed by atoms with Crippen LogP contribution in [0.2, 0.25) is 0 Å². The Kier molecular flexibility index (Phi) is 5.36. The highest BCUT2D eigenvalue weighted by Crippen LogP contribution is 2.15. The van der Waals surface area contributed by atoms with E-state index in [4.69, 9.17) is 4.74 Å². The predicted molar refractivity (Wildman–Crippen MR) is 79.2 cm³/mol. The average Bonchev–Trinajstić information content (AvgIpc) is 3.00. The van der Waals surface area contributed by atoms with Crippen LogP contribution in [-0.2, 0) is 10.5 Å². The van der Waals surface area contributed by atoms with Crippen LogP contribution in [0.3, 0.4) is 0 Å². The summed E-state index contributed by atoms with van der Waals surface area (Å²) in [7, 11) is 0. The lowest BCUT2D eigenvalue weighted by molar-refractivity contribution is -0.113. The Morgan fingerprint density at radius 1 is 1.55 bits per heavy atom. The summed E-state index contributed by atoms with van der Waals surface area (Å²) in [4.78, 5) is 20.0. The van der Waals surface area contributed by atoms with Crippen molar-refractivity contribution in [1.82, 2.24) is 20.2 Å². The molecule has 7 nitrogen and oxygen atoms in total. The predicted octanol–water partition coefficient (Wildman–Crippen LogP) is 1.84. The minimum atomic E-state index is -0.138. The van der Waals surface area contributed by atoms with Crippen molar-refractivity contribution in [2.24, 2.45) is 0 Å². The van der Waals surface area contributed by atoms with Crippen molar-refractivity contribution in [2.75, 3.05) is 17.7 Å². The van der Waals surface area contributed by atoms with Crippen LogP contribution in [0.1, 0.15) is 17.6 Å². The van der Waals surface area contributed by atoms with Gasteiger partial charge in [-0.1, -0.05) is 0 Å². The first kappa shape index (κ1) is 14.8. The summed E-state index contributed by atoms with van der Waals surface area (Å²) in [5, 5.41) is 12.1. The number of aromatic nitrogens is 4.